The molecule has 0 aliphatic heterocycles. The number of hydrogen-bond acceptors (Lipinski definition) is 4. The van der Waals surface area contributed by atoms with E-state index in [1.54, 1.807) is 11.8 Å². The Labute approximate surface area is 124 Å². The second-order valence-corrected chi connectivity index (χ2v) is 5.45. The summed E-state index contributed by atoms with van der Waals surface area (Å²) in [5, 5.41) is 4.38. The Kier molecular flexibility index (Phi) is 2.93. The largest absolute Gasteiger partial charge is 0.497 e. The molecule has 0 saturated carbocycles. The van der Waals surface area contributed by atoms with Gasteiger partial charge in [0.05, 0.1) is 18.5 Å². The van der Waals surface area contributed by atoms with E-state index in [0.29, 0.717) is 5.95 Å². The Hall–Kier alpha value is -2.02. The minimum absolute atomic E-state index is 0.427. The number of ether oxygens (including phenoxy) is 1. The zero-order chi connectivity index (χ0) is 14.4. The van der Waals surface area contributed by atoms with Gasteiger partial charge in [-0.3, -0.25) is 4.57 Å². The second kappa shape index (κ2) is 4.52. The Morgan fingerprint density at radius 3 is 2.75 bits per heavy atom. The quantitative estimate of drug-likeness (QED) is 0.780. The average molecular weight is 336 g/mol. The molecule has 2 N–H and O–H groups in total. The van der Waals surface area contributed by atoms with Gasteiger partial charge in [0, 0.05) is 17.6 Å². The van der Waals surface area contributed by atoms with Gasteiger partial charge < -0.3 is 10.5 Å². The number of methoxy groups -OCH3 is 1. The van der Waals surface area contributed by atoms with Crippen LogP contribution in [0.25, 0.3) is 16.9 Å². The van der Waals surface area contributed by atoms with E-state index >= 15 is 0 Å². The summed E-state index contributed by atoms with van der Waals surface area (Å²) < 4.78 is 9.85. The maximum absolute atomic E-state index is 6.06. The van der Waals surface area contributed by atoms with Gasteiger partial charge in [-0.05, 0) is 19.1 Å². The van der Waals surface area contributed by atoms with Crippen LogP contribution in [0, 0.1) is 6.92 Å². The highest BCUT2D eigenvalue weighted by atomic mass is 79.9. The van der Waals surface area contributed by atoms with Gasteiger partial charge in [-0.1, -0.05) is 15.9 Å². The van der Waals surface area contributed by atoms with Crippen LogP contribution in [0.15, 0.2) is 22.7 Å². The number of aromatic nitrogens is 4. The van der Waals surface area contributed by atoms with Crippen LogP contribution in [0.4, 0.5) is 5.95 Å². The van der Waals surface area contributed by atoms with Crippen LogP contribution >= 0.6 is 15.9 Å². The molecule has 1 aromatic carbocycles. The topological polar surface area (TPSA) is 70.9 Å². The molecule has 7 heteroatoms. The van der Waals surface area contributed by atoms with Crippen LogP contribution in [-0.2, 0) is 7.05 Å². The lowest BCUT2D eigenvalue weighted by atomic mass is 10.3. The first kappa shape index (κ1) is 13.0. The van der Waals surface area contributed by atoms with Gasteiger partial charge in [0.2, 0.25) is 5.95 Å². The molecule has 3 aromatic rings. The summed E-state index contributed by atoms with van der Waals surface area (Å²) in [6.07, 6.45) is 0. The third-order valence-corrected chi connectivity index (χ3v) is 3.64. The maximum atomic E-state index is 6.06. The van der Waals surface area contributed by atoms with Gasteiger partial charge >= 0.3 is 0 Å². The van der Waals surface area contributed by atoms with E-state index in [1.165, 1.54) is 0 Å². The molecule has 0 aliphatic carbocycles. The molecule has 20 heavy (non-hydrogen) atoms. The van der Waals surface area contributed by atoms with Crippen LogP contribution in [0.2, 0.25) is 0 Å². The Balaban J connectivity index is 2.34. The molecule has 0 bridgehead atoms. The van der Waals surface area contributed by atoms with Crippen molar-refractivity contribution in [3.05, 3.63) is 28.4 Å². The molecular weight excluding hydrogens is 322 g/mol. The number of nitrogen functional groups attached to an aromatic ring is 1. The van der Waals surface area contributed by atoms with Crippen molar-refractivity contribution < 1.29 is 4.74 Å². The summed E-state index contributed by atoms with van der Waals surface area (Å²) in [5.41, 5.74) is 9.46. The normalized spacial score (nSPS) is 11.2. The van der Waals surface area contributed by atoms with Crippen LogP contribution < -0.4 is 10.5 Å². The summed E-state index contributed by atoms with van der Waals surface area (Å²) >= 11 is 3.47. The number of nitrogens with zero attached hydrogens (tertiary/aromatic N) is 4. The van der Waals surface area contributed by atoms with Crippen molar-refractivity contribution >= 4 is 33.0 Å². The van der Waals surface area contributed by atoms with Gasteiger partial charge in [0.25, 0.3) is 0 Å². The summed E-state index contributed by atoms with van der Waals surface area (Å²) in [5.74, 6) is 1.17. The molecule has 2 aromatic heterocycles. The van der Waals surface area contributed by atoms with Crippen LogP contribution in [0.5, 0.6) is 5.75 Å². The van der Waals surface area contributed by atoms with E-state index in [0.717, 1.165) is 32.8 Å². The van der Waals surface area contributed by atoms with Crippen molar-refractivity contribution in [2.75, 3.05) is 12.8 Å². The average Bonchev–Trinajstić information content (AvgIpc) is 2.87. The molecule has 2 heterocycles. The molecular formula is C13H14BrN5O. The maximum Gasteiger partial charge on any atom is 0.207 e. The molecule has 0 unspecified atom stereocenters. The molecule has 0 fully saturated rings. The predicted molar refractivity (Wildman–Crippen MR) is 81.2 cm³/mol. The highest BCUT2D eigenvalue weighted by Crippen LogP contribution is 2.29. The number of benzene rings is 1. The smallest absolute Gasteiger partial charge is 0.207 e. The summed E-state index contributed by atoms with van der Waals surface area (Å²) in [4.78, 5) is 4.40. The fourth-order valence-corrected chi connectivity index (χ4v) is 2.80. The first-order chi connectivity index (χ1) is 9.51. The van der Waals surface area contributed by atoms with Crippen molar-refractivity contribution in [1.29, 1.82) is 0 Å². The minimum Gasteiger partial charge on any atom is -0.497 e. The van der Waals surface area contributed by atoms with E-state index in [-0.39, 0.29) is 0 Å². The zero-order valence-electron chi connectivity index (χ0n) is 11.4. The van der Waals surface area contributed by atoms with Crippen molar-refractivity contribution in [1.82, 2.24) is 19.3 Å². The Morgan fingerprint density at radius 2 is 2.05 bits per heavy atom. The third-order valence-electron chi connectivity index (χ3n) is 3.18. The van der Waals surface area contributed by atoms with Gasteiger partial charge in [-0.25, -0.2) is 9.67 Å². The highest BCUT2D eigenvalue weighted by molar-refractivity contribution is 9.10. The predicted octanol–water partition coefficient (Wildman–Crippen LogP) is 2.42. The number of anilines is 1. The lowest BCUT2D eigenvalue weighted by Gasteiger charge is -2.09. The fourth-order valence-electron chi connectivity index (χ4n) is 2.34. The summed E-state index contributed by atoms with van der Waals surface area (Å²) in [6, 6.07) is 5.76. The van der Waals surface area contributed by atoms with Crippen molar-refractivity contribution in [2.24, 2.45) is 7.05 Å². The number of nitrogens with two attached hydrogens (primary N) is 1. The van der Waals surface area contributed by atoms with Crippen molar-refractivity contribution in [2.45, 2.75) is 6.92 Å². The van der Waals surface area contributed by atoms with Gasteiger partial charge in [0.1, 0.15) is 11.3 Å². The molecule has 6 nitrogen and oxygen atoms in total. The van der Waals surface area contributed by atoms with Crippen LogP contribution in [0.3, 0.4) is 0 Å². The van der Waals surface area contributed by atoms with Crippen molar-refractivity contribution in [3.63, 3.8) is 0 Å². The number of imidazole rings is 1. The first-order valence-electron chi connectivity index (χ1n) is 6.03. The Morgan fingerprint density at radius 1 is 1.30 bits per heavy atom. The molecule has 0 spiro atoms. The standard InChI is InChI=1S/C13H14BrN5O/c1-7-11-12(18(2)17-7)19(13(15)16-11)9-4-8(14)5-10(6-9)20-3/h4-6H,1-3H3,(H2,15,16). The van der Waals surface area contributed by atoms with E-state index in [1.807, 2.05) is 36.7 Å². The van der Waals surface area contributed by atoms with Gasteiger partial charge in [-0.2, -0.15) is 5.10 Å². The lowest BCUT2D eigenvalue weighted by Crippen LogP contribution is -2.05. The van der Waals surface area contributed by atoms with E-state index < -0.39 is 0 Å². The molecule has 0 saturated heterocycles. The molecule has 0 atom stereocenters. The van der Waals surface area contributed by atoms with Crippen LogP contribution in [-0.4, -0.2) is 26.4 Å². The summed E-state index contributed by atoms with van der Waals surface area (Å²) in [7, 11) is 3.51. The minimum atomic E-state index is 0.427. The number of halogens is 1. The molecule has 0 aliphatic rings. The molecule has 0 amide bonds. The van der Waals surface area contributed by atoms with Gasteiger partial charge in [-0.15, -0.1) is 0 Å². The molecule has 0 radical (unpaired) electrons. The van der Waals surface area contributed by atoms with Crippen LogP contribution in [0.1, 0.15) is 5.69 Å². The number of hydrogen-bond donors (Lipinski definition) is 1. The lowest BCUT2D eigenvalue weighted by molar-refractivity contribution is 0.414. The molecule has 3 rings (SSSR count). The zero-order valence-corrected chi connectivity index (χ0v) is 13.0. The first-order valence-corrected chi connectivity index (χ1v) is 6.83. The highest BCUT2D eigenvalue weighted by Gasteiger charge is 2.17. The fraction of sp³-hybridized carbons (Fsp3) is 0.231. The monoisotopic (exact) mass is 335 g/mol. The Bertz CT molecular complexity index is 805. The SMILES string of the molecule is COc1cc(Br)cc(-n2c(N)nc3c(C)nn(C)c32)c1. The number of aryl methyl sites for hydroxylation is 2. The number of rotatable bonds is 2. The number of fused-ring (bicyclic) bond motifs is 1. The van der Waals surface area contributed by atoms with E-state index in [9.17, 15) is 0 Å². The molecule has 104 valence electrons. The second-order valence-electron chi connectivity index (χ2n) is 4.54. The van der Waals surface area contributed by atoms with E-state index in [2.05, 4.69) is 26.0 Å². The third kappa shape index (κ3) is 1.85. The van der Waals surface area contributed by atoms with Crippen molar-refractivity contribution in [3.8, 4) is 11.4 Å². The van der Waals surface area contributed by atoms with Gasteiger partial charge in [0.15, 0.2) is 5.65 Å². The summed E-state index contributed by atoms with van der Waals surface area (Å²) in [6.45, 7) is 1.92. The van der Waals surface area contributed by atoms with E-state index in [4.69, 9.17) is 10.5 Å².